The van der Waals surface area contributed by atoms with Crippen LogP contribution in [0.3, 0.4) is 0 Å². The van der Waals surface area contributed by atoms with Gasteiger partial charge in [-0.05, 0) is 54.3 Å². The van der Waals surface area contributed by atoms with Crippen molar-refractivity contribution in [2.75, 3.05) is 27.9 Å². The Labute approximate surface area is 216 Å². The van der Waals surface area contributed by atoms with Crippen molar-refractivity contribution >= 4 is 27.5 Å². The lowest BCUT2D eigenvalue weighted by molar-refractivity contribution is -0.122. The fraction of sp³-hybridized carbons (Fsp3) is 0.269. The largest absolute Gasteiger partial charge is 0.495 e. The van der Waals surface area contributed by atoms with Crippen molar-refractivity contribution in [3.63, 3.8) is 0 Å². The van der Waals surface area contributed by atoms with Crippen molar-refractivity contribution in [1.29, 1.82) is 0 Å². The summed E-state index contributed by atoms with van der Waals surface area (Å²) in [4.78, 5) is 13.0. The standard InChI is InChI=1S/C26H29ClN2O6S/c1-33-23-12-10-20(17-21(23)27)36(31,32)29-22(15-18-7-5-4-6-8-18)26(30)28-14-13-19-9-11-24(34-2)25(16-19)35-3/h4-12,16-17,22,29H,13-15H2,1-3H3,(H,28,30)/t22-/m1/s1. The Kier molecular flexibility index (Phi) is 9.58. The van der Waals surface area contributed by atoms with Gasteiger partial charge in [0.2, 0.25) is 15.9 Å². The highest BCUT2D eigenvalue weighted by atomic mass is 35.5. The second-order valence-corrected chi connectivity index (χ2v) is 10.0. The number of carbonyl (C=O) groups excluding carboxylic acids is 1. The molecule has 0 aliphatic rings. The van der Waals surface area contributed by atoms with E-state index in [4.69, 9.17) is 25.8 Å². The molecule has 0 saturated carbocycles. The second-order valence-electron chi connectivity index (χ2n) is 7.89. The van der Waals surface area contributed by atoms with E-state index in [-0.39, 0.29) is 16.3 Å². The van der Waals surface area contributed by atoms with Crippen LogP contribution in [0.15, 0.2) is 71.6 Å². The number of amides is 1. The van der Waals surface area contributed by atoms with E-state index >= 15 is 0 Å². The molecule has 3 aromatic rings. The van der Waals surface area contributed by atoms with Crippen LogP contribution < -0.4 is 24.2 Å². The van der Waals surface area contributed by atoms with Crippen molar-refractivity contribution in [2.45, 2.75) is 23.8 Å². The first-order valence-corrected chi connectivity index (χ1v) is 13.0. The van der Waals surface area contributed by atoms with Gasteiger partial charge in [-0.1, -0.05) is 48.0 Å². The molecule has 0 aliphatic heterocycles. The summed E-state index contributed by atoms with van der Waals surface area (Å²) in [5.74, 6) is 1.11. The first-order chi connectivity index (χ1) is 17.3. The van der Waals surface area contributed by atoms with Crippen LogP contribution in [0.4, 0.5) is 0 Å². The van der Waals surface area contributed by atoms with Gasteiger partial charge in [0.1, 0.15) is 11.8 Å². The SMILES string of the molecule is COc1ccc(S(=O)(=O)N[C@H](Cc2ccccc2)C(=O)NCCc2ccc(OC)c(OC)c2)cc1Cl. The number of hydrogen-bond donors (Lipinski definition) is 2. The first-order valence-electron chi connectivity index (χ1n) is 11.2. The van der Waals surface area contributed by atoms with Crippen molar-refractivity contribution in [2.24, 2.45) is 0 Å². The van der Waals surface area contributed by atoms with Crippen LogP contribution in [-0.4, -0.2) is 48.2 Å². The third-order valence-electron chi connectivity index (χ3n) is 5.49. The number of halogens is 1. The fourth-order valence-corrected chi connectivity index (χ4v) is 5.14. The average molecular weight is 533 g/mol. The molecule has 0 unspecified atom stereocenters. The number of methoxy groups -OCH3 is 3. The molecule has 1 atom stereocenters. The van der Waals surface area contributed by atoms with Crippen LogP contribution in [0.1, 0.15) is 11.1 Å². The molecule has 0 heterocycles. The average Bonchev–Trinajstić information content (AvgIpc) is 2.88. The summed E-state index contributed by atoms with van der Waals surface area (Å²) in [5, 5.41) is 2.99. The Morgan fingerprint density at radius 3 is 2.17 bits per heavy atom. The molecule has 10 heteroatoms. The molecule has 36 heavy (non-hydrogen) atoms. The van der Waals surface area contributed by atoms with E-state index in [0.29, 0.717) is 30.2 Å². The second kappa shape index (κ2) is 12.6. The van der Waals surface area contributed by atoms with E-state index in [0.717, 1.165) is 11.1 Å². The van der Waals surface area contributed by atoms with Gasteiger partial charge in [-0.2, -0.15) is 4.72 Å². The zero-order valence-corrected chi connectivity index (χ0v) is 21.9. The molecule has 0 spiro atoms. The Hall–Kier alpha value is -3.27. The Bertz CT molecular complexity index is 1280. The number of ether oxygens (including phenoxy) is 3. The van der Waals surface area contributed by atoms with Gasteiger partial charge >= 0.3 is 0 Å². The van der Waals surface area contributed by atoms with Gasteiger partial charge < -0.3 is 19.5 Å². The molecule has 1 amide bonds. The van der Waals surface area contributed by atoms with E-state index in [1.54, 1.807) is 20.3 Å². The maximum atomic E-state index is 13.1. The molecule has 3 aromatic carbocycles. The lowest BCUT2D eigenvalue weighted by Crippen LogP contribution is -2.48. The predicted molar refractivity (Wildman–Crippen MR) is 139 cm³/mol. The molecule has 0 radical (unpaired) electrons. The number of benzene rings is 3. The summed E-state index contributed by atoms with van der Waals surface area (Å²) in [6, 6.07) is 17.8. The normalized spacial score (nSPS) is 12.0. The lowest BCUT2D eigenvalue weighted by Gasteiger charge is -2.19. The highest BCUT2D eigenvalue weighted by Gasteiger charge is 2.26. The predicted octanol–water partition coefficient (Wildman–Crippen LogP) is 3.61. The van der Waals surface area contributed by atoms with Gasteiger partial charge in [0.15, 0.2) is 11.5 Å². The molecule has 2 N–H and O–H groups in total. The Balaban J connectivity index is 1.74. The number of rotatable bonds is 12. The van der Waals surface area contributed by atoms with E-state index < -0.39 is 22.0 Å². The van der Waals surface area contributed by atoms with Gasteiger partial charge in [-0.15, -0.1) is 0 Å². The van der Waals surface area contributed by atoms with Crippen molar-refractivity contribution < 1.29 is 27.4 Å². The lowest BCUT2D eigenvalue weighted by atomic mass is 10.1. The Morgan fingerprint density at radius 1 is 0.861 bits per heavy atom. The summed E-state index contributed by atoms with van der Waals surface area (Å²) >= 11 is 6.12. The minimum absolute atomic E-state index is 0.0653. The molecule has 0 saturated heterocycles. The number of carbonyl (C=O) groups is 1. The third kappa shape index (κ3) is 7.13. The van der Waals surface area contributed by atoms with Gasteiger partial charge in [-0.25, -0.2) is 8.42 Å². The molecule has 192 valence electrons. The fourth-order valence-electron chi connectivity index (χ4n) is 3.60. The molecule has 8 nitrogen and oxygen atoms in total. The number of sulfonamides is 1. The third-order valence-corrected chi connectivity index (χ3v) is 7.26. The summed E-state index contributed by atoms with van der Waals surface area (Å²) in [6.45, 7) is 0.301. The maximum absolute atomic E-state index is 13.1. The highest BCUT2D eigenvalue weighted by molar-refractivity contribution is 7.89. The van der Waals surface area contributed by atoms with Crippen LogP contribution in [0.25, 0.3) is 0 Å². The minimum Gasteiger partial charge on any atom is -0.495 e. The minimum atomic E-state index is -4.05. The van der Waals surface area contributed by atoms with Gasteiger partial charge in [0.05, 0.1) is 31.2 Å². The van der Waals surface area contributed by atoms with Crippen molar-refractivity contribution in [3.8, 4) is 17.2 Å². The van der Waals surface area contributed by atoms with Gasteiger partial charge in [-0.3, -0.25) is 4.79 Å². The van der Waals surface area contributed by atoms with E-state index in [1.165, 1.54) is 25.3 Å². The zero-order valence-electron chi connectivity index (χ0n) is 20.3. The summed E-state index contributed by atoms with van der Waals surface area (Å²) in [6.07, 6.45) is 0.692. The first kappa shape index (κ1) is 27.3. The van der Waals surface area contributed by atoms with Crippen LogP contribution in [-0.2, 0) is 27.7 Å². The maximum Gasteiger partial charge on any atom is 0.241 e. The highest BCUT2D eigenvalue weighted by Crippen LogP contribution is 2.28. The molecule has 0 fully saturated rings. The van der Waals surface area contributed by atoms with E-state index in [9.17, 15) is 13.2 Å². The van der Waals surface area contributed by atoms with Crippen LogP contribution in [0.2, 0.25) is 5.02 Å². The quantitative estimate of drug-likeness (QED) is 0.369. The van der Waals surface area contributed by atoms with Crippen LogP contribution in [0.5, 0.6) is 17.2 Å². The summed E-state index contributed by atoms with van der Waals surface area (Å²) in [7, 11) is 0.509. The number of nitrogens with one attached hydrogen (secondary N) is 2. The molecule has 0 aliphatic carbocycles. The molecular formula is C26H29ClN2O6S. The summed E-state index contributed by atoms with van der Waals surface area (Å²) in [5.41, 5.74) is 1.74. The molecule has 0 bridgehead atoms. The van der Waals surface area contributed by atoms with E-state index in [1.807, 2.05) is 42.5 Å². The molecule has 0 aromatic heterocycles. The molecular weight excluding hydrogens is 504 g/mol. The smallest absolute Gasteiger partial charge is 0.241 e. The van der Waals surface area contributed by atoms with Crippen molar-refractivity contribution in [3.05, 3.63) is 82.9 Å². The summed E-state index contributed by atoms with van der Waals surface area (Å²) < 4.78 is 44.4. The number of hydrogen-bond acceptors (Lipinski definition) is 6. The monoisotopic (exact) mass is 532 g/mol. The van der Waals surface area contributed by atoms with Gasteiger partial charge in [0, 0.05) is 6.54 Å². The van der Waals surface area contributed by atoms with E-state index in [2.05, 4.69) is 10.0 Å². The van der Waals surface area contributed by atoms with Crippen LogP contribution >= 0.6 is 11.6 Å². The topological polar surface area (TPSA) is 103 Å². The Morgan fingerprint density at radius 2 is 1.53 bits per heavy atom. The zero-order chi connectivity index (χ0) is 26.1. The van der Waals surface area contributed by atoms with Crippen LogP contribution in [0, 0.1) is 0 Å². The molecule has 3 rings (SSSR count). The van der Waals surface area contributed by atoms with Crippen molar-refractivity contribution in [1.82, 2.24) is 10.0 Å². The van der Waals surface area contributed by atoms with Gasteiger partial charge in [0.25, 0.3) is 0 Å².